The molecule has 3 aromatic rings. The van der Waals surface area contributed by atoms with Gasteiger partial charge in [0, 0.05) is 11.3 Å². The molecule has 0 spiro atoms. The van der Waals surface area contributed by atoms with Crippen molar-refractivity contribution in [3.8, 4) is 0 Å². The zero-order chi connectivity index (χ0) is 19.4. The van der Waals surface area contributed by atoms with Gasteiger partial charge in [0.05, 0.1) is 18.3 Å². The lowest BCUT2D eigenvalue weighted by atomic mass is 10.2. The van der Waals surface area contributed by atoms with Gasteiger partial charge in [-0.15, -0.1) is 10.2 Å². The van der Waals surface area contributed by atoms with Gasteiger partial charge in [-0.25, -0.2) is 0 Å². The fourth-order valence-corrected chi connectivity index (χ4v) is 4.29. The molecule has 0 aliphatic carbocycles. The third kappa shape index (κ3) is 4.42. The minimum absolute atomic E-state index is 0.231. The minimum atomic E-state index is 0.231. The Morgan fingerprint density at radius 3 is 2.48 bits per heavy atom. The van der Waals surface area contributed by atoms with E-state index >= 15 is 0 Å². The number of hydrogen-bond acceptors (Lipinski definition) is 6. The summed E-state index contributed by atoms with van der Waals surface area (Å²) in [5, 5.41) is 14.1. The fraction of sp³-hybridized carbons (Fsp3) is 0.450. The van der Waals surface area contributed by atoms with Crippen LogP contribution in [0, 0.1) is 13.8 Å². The molecule has 0 aliphatic heterocycles. The maximum Gasteiger partial charge on any atom is 0.191 e. The highest BCUT2D eigenvalue weighted by molar-refractivity contribution is 7.98. The molecule has 0 saturated heterocycles. The number of rotatable bonds is 8. The lowest BCUT2D eigenvalue weighted by Gasteiger charge is -2.23. The third-order valence-electron chi connectivity index (χ3n) is 4.76. The van der Waals surface area contributed by atoms with Gasteiger partial charge in [0.1, 0.15) is 5.76 Å². The first-order valence-corrected chi connectivity index (χ1v) is 10.2. The van der Waals surface area contributed by atoms with Crippen LogP contribution in [0.4, 0.5) is 0 Å². The predicted octanol–water partition coefficient (Wildman–Crippen LogP) is 4.24. The Kier molecular flexibility index (Phi) is 6.34. The van der Waals surface area contributed by atoms with Gasteiger partial charge in [0.15, 0.2) is 11.0 Å². The van der Waals surface area contributed by atoms with Crippen LogP contribution in [-0.4, -0.2) is 38.9 Å². The largest absolute Gasteiger partial charge is 0.361 e. The Labute approximate surface area is 165 Å². The van der Waals surface area contributed by atoms with Gasteiger partial charge in [-0.2, -0.15) is 0 Å². The highest BCUT2D eigenvalue weighted by Crippen LogP contribution is 2.29. The summed E-state index contributed by atoms with van der Waals surface area (Å²) in [4.78, 5) is 2.20. The monoisotopic (exact) mass is 385 g/mol. The first-order valence-electron chi connectivity index (χ1n) is 9.19. The predicted molar refractivity (Wildman–Crippen MR) is 108 cm³/mol. The molecule has 27 heavy (non-hydrogen) atoms. The lowest BCUT2D eigenvalue weighted by molar-refractivity contribution is 0.272. The lowest BCUT2D eigenvalue weighted by Crippen LogP contribution is -2.23. The SMILES string of the molecule is CC[C@H](c1nnc(SCc2c(C)noc2C)n1Cc1ccccc1)N(C)C. The molecule has 1 aromatic carbocycles. The Morgan fingerprint density at radius 2 is 1.89 bits per heavy atom. The number of aromatic nitrogens is 4. The Hall–Kier alpha value is -2.12. The van der Waals surface area contributed by atoms with Crippen molar-refractivity contribution < 1.29 is 4.52 Å². The average Bonchev–Trinajstić information content (AvgIpc) is 3.18. The molecule has 2 heterocycles. The molecule has 7 heteroatoms. The number of aryl methyl sites for hydroxylation is 2. The van der Waals surface area contributed by atoms with Crippen LogP contribution in [-0.2, 0) is 12.3 Å². The topological polar surface area (TPSA) is 60.0 Å². The van der Waals surface area contributed by atoms with Crippen molar-refractivity contribution in [1.82, 2.24) is 24.8 Å². The molecule has 144 valence electrons. The van der Waals surface area contributed by atoms with Gasteiger partial charge in [0.2, 0.25) is 0 Å². The summed E-state index contributed by atoms with van der Waals surface area (Å²) in [6.45, 7) is 6.88. The van der Waals surface area contributed by atoms with Crippen molar-refractivity contribution in [2.45, 2.75) is 50.7 Å². The average molecular weight is 386 g/mol. The molecule has 0 amide bonds. The van der Waals surface area contributed by atoms with Gasteiger partial charge in [-0.1, -0.05) is 54.2 Å². The Bertz CT molecular complexity index is 852. The molecule has 0 radical (unpaired) electrons. The highest BCUT2D eigenvalue weighted by Gasteiger charge is 2.22. The van der Waals surface area contributed by atoms with E-state index in [1.165, 1.54) is 5.56 Å². The van der Waals surface area contributed by atoms with Crippen LogP contribution < -0.4 is 0 Å². The summed E-state index contributed by atoms with van der Waals surface area (Å²) in [7, 11) is 4.18. The van der Waals surface area contributed by atoms with E-state index in [1.54, 1.807) is 11.8 Å². The second-order valence-corrected chi connectivity index (χ2v) is 7.83. The van der Waals surface area contributed by atoms with E-state index in [0.29, 0.717) is 0 Å². The number of thioether (sulfide) groups is 1. The molecule has 6 nitrogen and oxygen atoms in total. The zero-order valence-corrected chi connectivity index (χ0v) is 17.5. The maximum atomic E-state index is 5.29. The number of benzene rings is 1. The molecule has 1 atom stereocenters. The van der Waals surface area contributed by atoms with Crippen LogP contribution in [0.3, 0.4) is 0 Å². The normalized spacial score (nSPS) is 12.7. The van der Waals surface area contributed by atoms with Crippen molar-refractivity contribution in [1.29, 1.82) is 0 Å². The third-order valence-corrected chi connectivity index (χ3v) is 5.76. The summed E-state index contributed by atoms with van der Waals surface area (Å²) in [6.07, 6.45) is 0.981. The standard InChI is InChI=1S/C20H27N5OS/c1-6-18(24(4)5)19-21-22-20(25(19)12-16-10-8-7-9-11-16)27-13-17-14(2)23-26-15(17)3/h7-11,18H,6,12-13H2,1-5H3/t18-/m1/s1. The summed E-state index contributed by atoms with van der Waals surface area (Å²) < 4.78 is 7.53. The maximum absolute atomic E-state index is 5.29. The van der Waals surface area contributed by atoms with Gasteiger partial charge >= 0.3 is 0 Å². The number of nitrogens with zero attached hydrogens (tertiary/aromatic N) is 5. The van der Waals surface area contributed by atoms with Gasteiger partial charge in [-0.3, -0.25) is 4.90 Å². The number of hydrogen-bond donors (Lipinski definition) is 0. The fourth-order valence-electron chi connectivity index (χ4n) is 3.19. The van der Waals surface area contributed by atoms with Crippen molar-refractivity contribution in [2.24, 2.45) is 0 Å². The summed E-state index contributed by atoms with van der Waals surface area (Å²) >= 11 is 1.68. The molecule has 0 N–H and O–H groups in total. The van der Waals surface area contributed by atoms with Gasteiger partial charge < -0.3 is 9.09 Å². The molecule has 0 aliphatic rings. The first kappa shape index (κ1) is 19.6. The second kappa shape index (κ2) is 8.71. The van der Waals surface area contributed by atoms with E-state index in [1.807, 2.05) is 19.9 Å². The van der Waals surface area contributed by atoms with E-state index in [2.05, 4.69) is 70.1 Å². The molecule has 0 bridgehead atoms. The van der Waals surface area contributed by atoms with Crippen LogP contribution in [0.1, 0.15) is 47.8 Å². The molecule has 2 aromatic heterocycles. The van der Waals surface area contributed by atoms with Crippen molar-refractivity contribution >= 4 is 11.8 Å². The van der Waals surface area contributed by atoms with Crippen LogP contribution >= 0.6 is 11.8 Å². The summed E-state index contributed by atoms with van der Waals surface area (Å²) in [5.74, 6) is 2.65. The Balaban J connectivity index is 1.91. The van der Waals surface area contributed by atoms with Crippen molar-refractivity contribution in [2.75, 3.05) is 14.1 Å². The quantitative estimate of drug-likeness (QED) is 0.541. The van der Waals surface area contributed by atoms with Crippen molar-refractivity contribution in [3.05, 3.63) is 58.7 Å². The second-order valence-electron chi connectivity index (χ2n) is 6.89. The van der Waals surface area contributed by atoms with Crippen LogP contribution in [0.5, 0.6) is 0 Å². The van der Waals surface area contributed by atoms with E-state index in [4.69, 9.17) is 4.52 Å². The van der Waals surface area contributed by atoms with Crippen molar-refractivity contribution in [3.63, 3.8) is 0 Å². The van der Waals surface area contributed by atoms with Crippen LogP contribution in [0.2, 0.25) is 0 Å². The van der Waals surface area contributed by atoms with E-state index in [9.17, 15) is 0 Å². The van der Waals surface area contributed by atoms with E-state index in [0.717, 1.165) is 46.7 Å². The zero-order valence-electron chi connectivity index (χ0n) is 16.6. The molecule has 0 unspecified atom stereocenters. The molecular formula is C20H27N5OS. The minimum Gasteiger partial charge on any atom is -0.361 e. The van der Waals surface area contributed by atoms with E-state index < -0.39 is 0 Å². The highest BCUT2D eigenvalue weighted by atomic mass is 32.2. The van der Waals surface area contributed by atoms with Gasteiger partial charge in [0.25, 0.3) is 0 Å². The molecule has 0 fully saturated rings. The van der Waals surface area contributed by atoms with Gasteiger partial charge in [-0.05, 0) is 39.9 Å². The first-order chi connectivity index (χ1) is 13.0. The van der Waals surface area contributed by atoms with E-state index in [-0.39, 0.29) is 6.04 Å². The van der Waals surface area contributed by atoms with Crippen LogP contribution in [0.15, 0.2) is 40.0 Å². The smallest absolute Gasteiger partial charge is 0.191 e. The Morgan fingerprint density at radius 1 is 1.15 bits per heavy atom. The molecule has 3 rings (SSSR count). The molecular weight excluding hydrogens is 358 g/mol. The van der Waals surface area contributed by atoms with Crippen LogP contribution in [0.25, 0.3) is 0 Å². The summed E-state index contributed by atoms with van der Waals surface area (Å²) in [6, 6.07) is 10.7. The summed E-state index contributed by atoms with van der Waals surface area (Å²) in [5.41, 5.74) is 3.32. The molecule has 0 saturated carbocycles.